The Kier molecular flexibility index (Phi) is 5.61. The molecule has 2 atom stereocenters. The number of amides is 1. The summed E-state index contributed by atoms with van der Waals surface area (Å²) < 4.78 is 37.1. The molecule has 0 aromatic heterocycles. The maximum Gasteiger partial charge on any atom is 0.415 e. The first-order chi connectivity index (χ1) is 7.13. The number of hydrogen-bond donors (Lipinski definition) is 2. The summed E-state index contributed by atoms with van der Waals surface area (Å²) >= 11 is 1.57. The number of thioether (sulfide) groups is 1. The number of alkyl halides is 3. The summed E-state index contributed by atoms with van der Waals surface area (Å²) in [5.41, 5.74) is 2.13. The standard InChI is InChI=1S/C9H17F3N2OS/c1-6(5-16-3)4-14-7(15)8(2,13)9(10,11)12/h6H,4-5,13H2,1-3H3,(H,14,15). The minimum Gasteiger partial charge on any atom is -0.354 e. The molecular weight excluding hydrogens is 241 g/mol. The van der Waals surface area contributed by atoms with Crippen LogP contribution in [0.15, 0.2) is 0 Å². The molecule has 0 aromatic carbocycles. The highest BCUT2D eigenvalue weighted by Crippen LogP contribution is 2.27. The molecule has 0 saturated carbocycles. The number of carbonyl (C=O) groups is 1. The van der Waals surface area contributed by atoms with Gasteiger partial charge in [0.25, 0.3) is 0 Å². The van der Waals surface area contributed by atoms with Gasteiger partial charge in [0.1, 0.15) is 0 Å². The van der Waals surface area contributed by atoms with Crippen LogP contribution in [0.1, 0.15) is 13.8 Å². The van der Waals surface area contributed by atoms with E-state index in [0.717, 1.165) is 5.75 Å². The molecule has 96 valence electrons. The van der Waals surface area contributed by atoms with Crippen molar-refractivity contribution in [3.63, 3.8) is 0 Å². The smallest absolute Gasteiger partial charge is 0.354 e. The Morgan fingerprint density at radius 2 is 2.00 bits per heavy atom. The maximum atomic E-state index is 12.4. The summed E-state index contributed by atoms with van der Waals surface area (Å²) in [6.07, 6.45) is -2.85. The molecule has 0 aliphatic rings. The summed E-state index contributed by atoms with van der Waals surface area (Å²) in [7, 11) is 0. The van der Waals surface area contributed by atoms with E-state index >= 15 is 0 Å². The third kappa shape index (κ3) is 4.21. The van der Waals surface area contributed by atoms with Crippen LogP contribution < -0.4 is 11.1 Å². The quantitative estimate of drug-likeness (QED) is 0.783. The Balaban J connectivity index is 4.27. The zero-order valence-electron chi connectivity index (χ0n) is 9.52. The monoisotopic (exact) mass is 258 g/mol. The fourth-order valence-electron chi connectivity index (χ4n) is 0.923. The number of carbonyl (C=O) groups excluding carboxylic acids is 1. The molecule has 0 fully saturated rings. The third-order valence-electron chi connectivity index (χ3n) is 2.12. The van der Waals surface area contributed by atoms with E-state index in [1.54, 1.807) is 11.8 Å². The van der Waals surface area contributed by atoms with E-state index in [1.807, 2.05) is 13.2 Å². The molecule has 0 saturated heterocycles. The number of nitrogens with two attached hydrogens (primary N) is 1. The second-order valence-electron chi connectivity index (χ2n) is 3.97. The van der Waals surface area contributed by atoms with Crippen LogP contribution >= 0.6 is 11.8 Å². The molecule has 0 spiro atoms. The van der Waals surface area contributed by atoms with Gasteiger partial charge in [-0.2, -0.15) is 24.9 Å². The fourth-order valence-corrected chi connectivity index (χ4v) is 1.61. The molecule has 7 heteroatoms. The number of halogens is 3. The highest BCUT2D eigenvalue weighted by Gasteiger charge is 2.53. The average molecular weight is 258 g/mol. The summed E-state index contributed by atoms with van der Waals surface area (Å²) in [6, 6.07) is 0. The van der Waals surface area contributed by atoms with E-state index in [0.29, 0.717) is 6.92 Å². The predicted molar refractivity (Wildman–Crippen MR) is 59.2 cm³/mol. The summed E-state index contributed by atoms with van der Waals surface area (Å²) in [5, 5.41) is 2.22. The topological polar surface area (TPSA) is 55.1 Å². The fraction of sp³-hybridized carbons (Fsp3) is 0.889. The minimum atomic E-state index is -4.74. The second-order valence-corrected chi connectivity index (χ2v) is 4.88. The van der Waals surface area contributed by atoms with E-state index in [4.69, 9.17) is 5.73 Å². The first-order valence-electron chi connectivity index (χ1n) is 4.75. The highest BCUT2D eigenvalue weighted by atomic mass is 32.2. The van der Waals surface area contributed by atoms with Gasteiger partial charge in [-0.05, 0) is 24.9 Å². The molecule has 0 rings (SSSR count). The van der Waals surface area contributed by atoms with Crippen molar-refractivity contribution in [2.45, 2.75) is 25.6 Å². The van der Waals surface area contributed by atoms with Crippen LogP contribution in [0.3, 0.4) is 0 Å². The Morgan fingerprint density at radius 1 is 1.50 bits per heavy atom. The van der Waals surface area contributed by atoms with Crippen LogP contribution in [0.5, 0.6) is 0 Å². The Labute approximate surface area is 97.3 Å². The Morgan fingerprint density at radius 3 is 2.38 bits per heavy atom. The van der Waals surface area contributed by atoms with Gasteiger partial charge in [-0.3, -0.25) is 4.79 Å². The van der Waals surface area contributed by atoms with Crippen molar-refractivity contribution >= 4 is 17.7 Å². The lowest BCUT2D eigenvalue weighted by atomic mass is 10.0. The van der Waals surface area contributed by atoms with Crippen molar-refractivity contribution in [1.82, 2.24) is 5.32 Å². The van der Waals surface area contributed by atoms with E-state index < -0.39 is 17.6 Å². The molecule has 0 heterocycles. The molecule has 16 heavy (non-hydrogen) atoms. The number of rotatable bonds is 5. The average Bonchev–Trinajstić information content (AvgIpc) is 2.12. The minimum absolute atomic E-state index is 0.114. The molecule has 0 bridgehead atoms. The first kappa shape index (κ1) is 15.6. The largest absolute Gasteiger partial charge is 0.415 e. The van der Waals surface area contributed by atoms with E-state index in [1.165, 1.54) is 0 Å². The van der Waals surface area contributed by atoms with Crippen LogP contribution in [0.4, 0.5) is 13.2 Å². The van der Waals surface area contributed by atoms with Crippen LogP contribution in [0.2, 0.25) is 0 Å². The molecule has 1 amide bonds. The molecule has 0 aromatic rings. The van der Waals surface area contributed by atoms with Crippen molar-refractivity contribution in [1.29, 1.82) is 0 Å². The lowest BCUT2D eigenvalue weighted by Crippen LogP contribution is -2.61. The molecular formula is C9H17F3N2OS. The van der Waals surface area contributed by atoms with Crippen LogP contribution in [-0.2, 0) is 4.79 Å². The van der Waals surface area contributed by atoms with Gasteiger partial charge in [-0.25, -0.2) is 0 Å². The van der Waals surface area contributed by atoms with Crippen molar-refractivity contribution in [2.75, 3.05) is 18.6 Å². The molecule has 0 radical (unpaired) electrons. The third-order valence-corrected chi connectivity index (χ3v) is 3.03. The van der Waals surface area contributed by atoms with Crippen molar-refractivity contribution < 1.29 is 18.0 Å². The van der Waals surface area contributed by atoms with Crippen LogP contribution in [0, 0.1) is 5.92 Å². The van der Waals surface area contributed by atoms with Gasteiger partial charge in [-0.15, -0.1) is 0 Å². The summed E-state index contributed by atoms with van der Waals surface area (Å²) in [6.45, 7) is 2.71. The molecule has 3 N–H and O–H groups in total. The van der Waals surface area contributed by atoms with Crippen LogP contribution in [0.25, 0.3) is 0 Å². The number of nitrogens with one attached hydrogen (secondary N) is 1. The number of hydrogen-bond acceptors (Lipinski definition) is 3. The van der Waals surface area contributed by atoms with Gasteiger partial charge in [-0.1, -0.05) is 6.92 Å². The molecule has 0 aliphatic carbocycles. The van der Waals surface area contributed by atoms with Crippen molar-refractivity contribution in [2.24, 2.45) is 11.7 Å². The molecule has 3 nitrogen and oxygen atoms in total. The van der Waals surface area contributed by atoms with Gasteiger partial charge < -0.3 is 11.1 Å². The predicted octanol–water partition coefficient (Wildman–Crippen LogP) is 1.38. The van der Waals surface area contributed by atoms with Gasteiger partial charge in [0, 0.05) is 6.54 Å². The molecule has 0 aliphatic heterocycles. The van der Waals surface area contributed by atoms with Gasteiger partial charge in [0.15, 0.2) is 5.54 Å². The maximum absolute atomic E-state index is 12.4. The lowest BCUT2D eigenvalue weighted by molar-refractivity contribution is -0.187. The Hall–Kier alpha value is -0.430. The van der Waals surface area contributed by atoms with E-state index in [9.17, 15) is 18.0 Å². The van der Waals surface area contributed by atoms with Crippen LogP contribution in [-0.4, -0.2) is 36.2 Å². The summed E-state index contributed by atoms with van der Waals surface area (Å²) in [4.78, 5) is 11.3. The normalized spacial score (nSPS) is 17.7. The van der Waals surface area contributed by atoms with Crippen molar-refractivity contribution in [3.05, 3.63) is 0 Å². The Bertz CT molecular complexity index is 243. The molecule has 2 unspecified atom stereocenters. The van der Waals surface area contributed by atoms with Crippen molar-refractivity contribution in [3.8, 4) is 0 Å². The SMILES string of the molecule is CSCC(C)CNC(=O)C(C)(N)C(F)(F)F. The van der Waals surface area contributed by atoms with Gasteiger partial charge in [0.2, 0.25) is 5.91 Å². The zero-order chi connectivity index (χ0) is 13.0. The zero-order valence-corrected chi connectivity index (χ0v) is 10.3. The van der Waals surface area contributed by atoms with E-state index in [2.05, 4.69) is 5.32 Å². The summed E-state index contributed by atoms with van der Waals surface area (Å²) in [5.74, 6) is -0.302. The van der Waals surface area contributed by atoms with Gasteiger partial charge >= 0.3 is 6.18 Å². The van der Waals surface area contributed by atoms with E-state index in [-0.39, 0.29) is 12.5 Å². The highest BCUT2D eigenvalue weighted by molar-refractivity contribution is 7.98. The lowest BCUT2D eigenvalue weighted by Gasteiger charge is -2.26. The second kappa shape index (κ2) is 5.77. The first-order valence-corrected chi connectivity index (χ1v) is 6.15. The van der Waals surface area contributed by atoms with Gasteiger partial charge in [0.05, 0.1) is 0 Å².